The van der Waals surface area contributed by atoms with Gasteiger partial charge in [0.2, 0.25) is 5.78 Å². The van der Waals surface area contributed by atoms with E-state index in [0.717, 1.165) is 22.3 Å². The smallest absolute Gasteiger partial charge is 0.206 e. The van der Waals surface area contributed by atoms with Crippen molar-refractivity contribution in [1.82, 2.24) is 9.88 Å². The van der Waals surface area contributed by atoms with Crippen LogP contribution in [0.3, 0.4) is 0 Å². The molecule has 1 aromatic heterocycles. The second-order valence-corrected chi connectivity index (χ2v) is 6.90. The number of fused-ring (bicyclic) bond motifs is 1. The molecule has 1 heterocycles. The quantitative estimate of drug-likeness (QED) is 0.480. The fourth-order valence-electron chi connectivity index (χ4n) is 2.82. The molecule has 0 aliphatic carbocycles. The van der Waals surface area contributed by atoms with Crippen LogP contribution in [0.5, 0.6) is 0 Å². The zero-order chi connectivity index (χ0) is 19.4. The Labute approximate surface area is 159 Å². The molecule has 0 amide bonds. The van der Waals surface area contributed by atoms with Crippen molar-refractivity contribution in [2.45, 2.75) is 19.4 Å². The van der Waals surface area contributed by atoms with Crippen molar-refractivity contribution in [1.29, 1.82) is 5.41 Å². The van der Waals surface area contributed by atoms with Crippen LogP contribution in [0.4, 0.5) is 11.4 Å². The number of pyridine rings is 1. The molecule has 0 bridgehead atoms. The van der Waals surface area contributed by atoms with Gasteiger partial charge < -0.3 is 15.6 Å². The summed E-state index contributed by atoms with van der Waals surface area (Å²) in [6.45, 7) is 2.01. The Balaban J connectivity index is 1.73. The minimum atomic E-state index is -0.218. The van der Waals surface area contributed by atoms with Gasteiger partial charge in [0.05, 0.1) is 11.2 Å². The second kappa shape index (κ2) is 8.10. The molecule has 5 heteroatoms. The van der Waals surface area contributed by atoms with Gasteiger partial charge in [-0.05, 0) is 69.6 Å². The summed E-state index contributed by atoms with van der Waals surface area (Å²) in [5.41, 5.74) is 3.45. The standard InChI is InChI=1S/C22H24N4O/c1-15(26(2)3)14-19(23)22(27)16-9-11-17(12-10-16)25-21-8-4-7-20-18(21)6-5-13-24-20/h4-13,15,23,25H,14H2,1-3H3. The van der Waals surface area contributed by atoms with Crippen molar-refractivity contribution in [2.75, 3.05) is 19.4 Å². The zero-order valence-corrected chi connectivity index (χ0v) is 15.9. The van der Waals surface area contributed by atoms with Gasteiger partial charge in [-0.2, -0.15) is 0 Å². The lowest BCUT2D eigenvalue weighted by Crippen LogP contribution is -2.29. The van der Waals surface area contributed by atoms with Crippen molar-refractivity contribution < 1.29 is 4.79 Å². The number of ketones is 1. The van der Waals surface area contributed by atoms with Crippen LogP contribution in [-0.2, 0) is 0 Å². The van der Waals surface area contributed by atoms with E-state index in [9.17, 15) is 4.79 Å². The third-order valence-electron chi connectivity index (χ3n) is 4.73. The summed E-state index contributed by atoms with van der Waals surface area (Å²) in [6, 6.07) is 17.3. The number of hydrogen-bond donors (Lipinski definition) is 2. The predicted molar refractivity (Wildman–Crippen MR) is 111 cm³/mol. The van der Waals surface area contributed by atoms with Gasteiger partial charge in [-0.3, -0.25) is 9.78 Å². The van der Waals surface area contributed by atoms with Crippen LogP contribution in [0.1, 0.15) is 23.7 Å². The number of nitrogens with one attached hydrogen (secondary N) is 2. The normalized spacial score (nSPS) is 12.1. The third-order valence-corrected chi connectivity index (χ3v) is 4.73. The van der Waals surface area contributed by atoms with E-state index in [1.807, 2.05) is 68.4 Å². The number of anilines is 2. The summed E-state index contributed by atoms with van der Waals surface area (Å²) in [4.78, 5) is 18.8. The molecule has 1 unspecified atom stereocenters. The zero-order valence-electron chi connectivity index (χ0n) is 15.9. The maximum absolute atomic E-state index is 12.5. The van der Waals surface area contributed by atoms with E-state index in [-0.39, 0.29) is 17.5 Å². The van der Waals surface area contributed by atoms with E-state index in [1.54, 1.807) is 18.3 Å². The van der Waals surface area contributed by atoms with E-state index in [4.69, 9.17) is 5.41 Å². The summed E-state index contributed by atoms with van der Waals surface area (Å²) in [5.74, 6) is -0.218. The lowest BCUT2D eigenvalue weighted by Gasteiger charge is -2.19. The highest BCUT2D eigenvalue weighted by Crippen LogP contribution is 2.25. The molecule has 0 saturated heterocycles. The first-order valence-corrected chi connectivity index (χ1v) is 8.95. The first-order chi connectivity index (χ1) is 13.0. The predicted octanol–water partition coefficient (Wildman–Crippen LogP) is 4.52. The number of rotatable bonds is 7. The third kappa shape index (κ3) is 4.38. The second-order valence-electron chi connectivity index (χ2n) is 6.90. The van der Waals surface area contributed by atoms with Gasteiger partial charge >= 0.3 is 0 Å². The summed E-state index contributed by atoms with van der Waals surface area (Å²) in [6.07, 6.45) is 2.22. The molecule has 2 N–H and O–H groups in total. The number of carbonyl (C=O) groups is 1. The lowest BCUT2D eigenvalue weighted by atomic mass is 10.0. The van der Waals surface area contributed by atoms with Crippen LogP contribution >= 0.6 is 0 Å². The maximum Gasteiger partial charge on any atom is 0.206 e. The van der Waals surface area contributed by atoms with E-state index >= 15 is 0 Å². The average molecular weight is 360 g/mol. The highest BCUT2D eigenvalue weighted by atomic mass is 16.1. The Bertz CT molecular complexity index is 958. The Hall–Kier alpha value is -3.05. The Morgan fingerprint density at radius 2 is 1.85 bits per heavy atom. The number of nitrogens with zero attached hydrogens (tertiary/aromatic N) is 2. The summed E-state index contributed by atoms with van der Waals surface area (Å²) in [5, 5.41) is 12.5. The molecule has 0 fully saturated rings. The Morgan fingerprint density at radius 1 is 1.11 bits per heavy atom. The molecule has 1 atom stereocenters. The van der Waals surface area contributed by atoms with Crippen molar-refractivity contribution in [3.8, 4) is 0 Å². The van der Waals surface area contributed by atoms with Crippen LogP contribution < -0.4 is 5.32 Å². The molecule has 27 heavy (non-hydrogen) atoms. The number of hydrogen-bond acceptors (Lipinski definition) is 5. The maximum atomic E-state index is 12.5. The summed E-state index contributed by atoms with van der Waals surface area (Å²) in [7, 11) is 3.90. The molecule has 0 spiro atoms. The first kappa shape index (κ1) is 18.7. The molecule has 0 aliphatic rings. The van der Waals surface area contributed by atoms with Gasteiger partial charge in [-0.1, -0.05) is 6.07 Å². The van der Waals surface area contributed by atoms with Crippen LogP contribution in [0.15, 0.2) is 60.8 Å². The molecule has 0 radical (unpaired) electrons. The van der Waals surface area contributed by atoms with E-state index < -0.39 is 0 Å². The lowest BCUT2D eigenvalue weighted by molar-refractivity contribution is 0.106. The number of carbonyl (C=O) groups excluding carboxylic acids is 1. The topological polar surface area (TPSA) is 69.1 Å². The fourth-order valence-corrected chi connectivity index (χ4v) is 2.82. The van der Waals surface area contributed by atoms with E-state index in [2.05, 4.69) is 10.3 Å². The van der Waals surface area contributed by atoms with Gasteiger partial charge in [-0.15, -0.1) is 0 Å². The number of Topliss-reactive ketones (excluding diaryl/α,β-unsaturated/α-hetero) is 1. The minimum absolute atomic E-state index is 0.136. The monoisotopic (exact) mass is 360 g/mol. The minimum Gasteiger partial charge on any atom is -0.355 e. The fraction of sp³-hybridized carbons (Fsp3) is 0.227. The average Bonchev–Trinajstić information content (AvgIpc) is 2.68. The molecule has 3 aromatic rings. The highest BCUT2D eigenvalue weighted by Gasteiger charge is 2.16. The summed E-state index contributed by atoms with van der Waals surface area (Å²) >= 11 is 0. The molecule has 138 valence electrons. The van der Waals surface area contributed by atoms with Crippen molar-refractivity contribution in [2.24, 2.45) is 0 Å². The van der Waals surface area contributed by atoms with Crippen LogP contribution in [0, 0.1) is 5.41 Å². The van der Waals surface area contributed by atoms with Crippen LogP contribution in [0.2, 0.25) is 0 Å². The Kier molecular flexibility index (Phi) is 5.62. The molecular weight excluding hydrogens is 336 g/mol. The molecule has 0 aliphatic heterocycles. The van der Waals surface area contributed by atoms with E-state index in [0.29, 0.717) is 12.0 Å². The van der Waals surface area contributed by atoms with Crippen LogP contribution in [-0.4, -0.2) is 41.5 Å². The van der Waals surface area contributed by atoms with Crippen molar-refractivity contribution >= 4 is 33.8 Å². The molecule has 0 saturated carbocycles. The SMILES string of the molecule is CC(CC(=N)C(=O)c1ccc(Nc2cccc3ncccc23)cc1)N(C)C. The van der Waals surface area contributed by atoms with Gasteiger partial charge in [-0.25, -0.2) is 0 Å². The van der Waals surface area contributed by atoms with Gasteiger partial charge in [0.1, 0.15) is 0 Å². The van der Waals surface area contributed by atoms with Crippen LogP contribution in [0.25, 0.3) is 10.9 Å². The molecular formula is C22H24N4O. The first-order valence-electron chi connectivity index (χ1n) is 8.95. The van der Waals surface area contributed by atoms with E-state index in [1.165, 1.54) is 0 Å². The molecule has 2 aromatic carbocycles. The van der Waals surface area contributed by atoms with Crippen molar-refractivity contribution in [3.63, 3.8) is 0 Å². The molecule has 5 nitrogen and oxygen atoms in total. The van der Waals surface area contributed by atoms with Gasteiger partial charge in [0, 0.05) is 41.0 Å². The van der Waals surface area contributed by atoms with Crippen molar-refractivity contribution in [3.05, 3.63) is 66.4 Å². The summed E-state index contributed by atoms with van der Waals surface area (Å²) < 4.78 is 0. The van der Waals surface area contributed by atoms with Gasteiger partial charge in [0.15, 0.2) is 0 Å². The largest absolute Gasteiger partial charge is 0.355 e. The highest BCUT2D eigenvalue weighted by molar-refractivity contribution is 6.45. The number of aromatic nitrogens is 1. The molecule has 3 rings (SSSR count). The number of benzene rings is 2. The van der Waals surface area contributed by atoms with Gasteiger partial charge in [0.25, 0.3) is 0 Å². The Morgan fingerprint density at radius 3 is 2.56 bits per heavy atom.